The number of carbonyl (C=O) groups excluding carboxylic acids is 3. The Labute approximate surface area is 165 Å². The molecule has 7 heteroatoms. The minimum absolute atomic E-state index is 0.111. The molecule has 2 rings (SSSR count). The number of carbonyl (C=O) groups is 3. The van der Waals surface area contributed by atoms with Gasteiger partial charge in [0, 0.05) is 31.7 Å². The highest BCUT2D eigenvalue weighted by molar-refractivity contribution is 5.97. The van der Waals surface area contributed by atoms with Gasteiger partial charge in [0.05, 0.1) is 18.8 Å². The number of hydrogen-bond acceptors (Lipinski definition) is 5. The van der Waals surface area contributed by atoms with Gasteiger partial charge < -0.3 is 19.7 Å². The zero-order valence-electron chi connectivity index (χ0n) is 16.9. The number of amides is 2. The third-order valence-electron chi connectivity index (χ3n) is 4.69. The monoisotopic (exact) mass is 388 g/mol. The molecule has 1 aliphatic rings. The van der Waals surface area contributed by atoms with E-state index in [0.717, 1.165) is 11.1 Å². The topological polar surface area (TPSA) is 84.9 Å². The van der Waals surface area contributed by atoms with Gasteiger partial charge in [0.25, 0.3) is 0 Å². The van der Waals surface area contributed by atoms with E-state index in [2.05, 4.69) is 5.32 Å². The summed E-state index contributed by atoms with van der Waals surface area (Å²) in [6.45, 7) is 6.23. The number of esters is 1. The number of hydrogen-bond donors (Lipinski definition) is 1. The van der Waals surface area contributed by atoms with Crippen LogP contribution in [0.4, 0.5) is 0 Å². The average molecular weight is 388 g/mol. The van der Waals surface area contributed by atoms with Crippen molar-refractivity contribution in [3.05, 3.63) is 46.7 Å². The van der Waals surface area contributed by atoms with Crippen LogP contribution in [0.5, 0.6) is 0 Å². The van der Waals surface area contributed by atoms with Crippen molar-refractivity contribution in [1.29, 1.82) is 0 Å². The number of benzene rings is 1. The van der Waals surface area contributed by atoms with Crippen molar-refractivity contribution in [2.75, 3.05) is 33.4 Å². The molecule has 1 aromatic rings. The van der Waals surface area contributed by atoms with Gasteiger partial charge in [-0.25, -0.2) is 4.79 Å². The Bertz CT molecular complexity index is 772. The summed E-state index contributed by atoms with van der Waals surface area (Å²) in [6.07, 6.45) is 0.111. The highest BCUT2D eigenvalue weighted by Gasteiger charge is 2.37. The van der Waals surface area contributed by atoms with Gasteiger partial charge in [0.2, 0.25) is 11.8 Å². The summed E-state index contributed by atoms with van der Waals surface area (Å²) in [4.78, 5) is 39.0. The predicted octanol–water partition coefficient (Wildman–Crippen LogP) is 1.91. The van der Waals surface area contributed by atoms with E-state index < -0.39 is 5.97 Å². The van der Waals surface area contributed by atoms with Gasteiger partial charge in [0.15, 0.2) is 0 Å². The fourth-order valence-electron chi connectivity index (χ4n) is 3.34. The molecule has 0 saturated carbocycles. The molecule has 1 N–H and O–H groups in total. The van der Waals surface area contributed by atoms with Gasteiger partial charge in [-0.1, -0.05) is 29.8 Å². The lowest BCUT2D eigenvalue weighted by Crippen LogP contribution is -2.44. The van der Waals surface area contributed by atoms with E-state index in [9.17, 15) is 14.4 Å². The average Bonchev–Trinajstić information content (AvgIpc) is 2.65. The molecule has 0 spiro atoms. The van der Waals surface area contributed by atoms with Crippen LogP contribution in [0.15, 0.2) is 35.5 Å². The summed E-state index contributed by atoms with van der Waals surface area (Å²) in [6, 6.07) is 7.75. The fourth-order valence-corrected chi connectivity index (χ4v) is 3.34. The molecule has 0 aromatic heterocycles. The van der Waals surface area contributed by atoms with E-state index in [1.165, 1.54) is 4.90 Å². The van der Waals surface area contributed by atoms with E-state index >= 15 is 0 Å². The summed E-state index contributed by atoms with van der Waals surface area (Å²) in [7, 11) is 1.55. The van der Waals surface area contributed by atoms with Crippen molar-refractivity contribution in [2.24, 2.45) is 0 Å². The molecule has 0 saturated heterocycles. The third kappa shape index (κ3) is 5.19. The van der Waals surface area contributed by atoms with Crippen LogP contribution in [0.1, 0.15) is 37.3 Å². The molecule has 0 bridgehead atoms. The van der Waals surface area contributed by atoms with E-state index in [-0.39, 0.29) is 37.3 Å². The number of nitrogens with one attached hydrogen (secondary N) is 1. The van der Waals surface area contributed by atoms with Crippen molar-refractivity contribution < 1.29 is 23.9 Å². The summed E-state index contributed by atoms with van der Waals surface area (Å²) in [5.41, 5.74) is 2.82. The lowest BCUT2D eigenvalue weighted by molar-refractivity contribution is -0.141. The molecular formula is C21H28N2O5. The first-order valence-electron chi connectivity index (χ1n) is 9.39. The Morgan fingerprint density at radius 1 is 1.29 bits per heavy atom. The molecule has 1 aliphatic heterocycles. The zero-order chi connectivity index (χ0) is 20.7. The lowest BCUT2D eigenvalue weighted by Gasteiger charge is -2.34. The second-order valence-corrected chi connectivity index (χ2v) is 6.71. The van der Waals surface area contributed by atoms with Crippen LogP contribution < -0.4 is 5.32 Å². The largest absolute Gasteiger partial charge is 0.463 e. The number of aryl methyl sites for hydroxylation is 1. The first-order valence-corrected chi connectivity index (χ1v) is 9.39. The molecule has 1 atom stereocenters. The molecule has 1 heterocycles. The highest BCUT2D eigenvalue weighted by atomic mass is 16.5. The molecule has 1 unspecified atom stereocenters. The van der Waals surface area contributed by atoms with Crippen LogP contribution in [0, 0.1) is 6.92 Å². The first-order chi connectivity index (χ1) is 13.4. The maximum absolute atomic E-state index is 12.8. The molecule has 2 amide bonds. The maximum atomic E-state index is 12.8. The van der Waals surface area contributed by atoms with Gasteiger partial charge in [-0.05, 0) is 26.3 Å². The van der Waals surface area contributed by atoms with Crippen LogP contribution >= 0.6 is 0 Å². The second kappa shape index (κ2) is 10.0. The quantitative estimate of drug-likeness (QED) is 0.543. The number of rotatable bonds is 8. The van der Waals surface area contributed by atoms with Gasteiger partial charge in [0.1, 0.15) is 6.54 Å². The van der Waals surface area contributed by atoms with Crippen molar-refractivity contribution in [2.45, 2.75) is 33.1 Å². The Morgan fingerprint density at radius 3 is 2.68 bits per heavy atom. The Kier molecular flexibility index (Phi) is 7.75. The van der Waals surface area contributed by atoms with Crippen LogP contribution in [-0.2, 0) is 23.9 Å². The SMILES string of the molecule is CCOC(=O)C1=C(C)N(CC(=O)NCCOC)C(=O)CC1c1cccc(C)c1. The van der Waals surface area contributed by atoms with E-state index in [4.69, 9.17) is 9.47 Å². The highest BCUT2D eigenvalue weighted by Crippen LogP contribution is 2.37. The maximum Gasteiger partial charge on any atom is 0.336 e. The van der Waals surface area contributed by atoms with Crippen molar-refractivity contribution >= 4 is 17.8 Å². The van der Waals surface area contributed by atoms with Crippen LogP contribution in [-0.4, -0.2) is 56.1 Å². The third-order valence-corrected chi connectivity index (χ3v) is 4.69. The molecule has 7 nitrogen and oxygen atoms in total. The van der Waals surface area contributed by atoms with Gasteiger partial charge in [-0.2, -0.15) is 0 Å². The molecule has 28 heavy (non-hydrogen) atoms. The van der Waals surface area contributed by atoms with E-state index in [1.54, 1.807) is 21.0 Å². The van der Waals surface area contributed by atoms with Crippen LogP contribution in [0.2, 0.25) is 0 Å². The standard InChI is InChI=1S/C21H28N2O5/c1-5-28-21(26)20-15(3)23(13-18(24)22-9-10-27-4)19(25)12-17(20)16-8-6-7-14(2)11-16/h6-8,11,17H,5,9-10,12-13H2,1-4H3,(H,22,24). The molecule has 0 aliphatic carbocycles. The summed E-state index contributed by atoms with van der Waals surface area (Å²) in [5, 5.41) is 2.69. The molecule has 152 valence electrons. The lowest BCUT2D eigenvalue weighted by atomic mass is 9.83. The number of methoxy groups -OCH3 is 1. The molecule has 0 fully saturated rings. The fraction of sp³-hybridized carbons (Fsp3) is 0.476. The van der Waals surface area contributed by atoms with Crippen LogP contribution in [0.3, 0.4) is 0 Å². The summed E-state index contributed by atoms with van der Waals surface area (Å²) in [5.74, 6) is -1.34. The minimum atomic E-state index is -0.455. The number of nitrogens with zero attached hydrogens (tertiary/aromatic N) is 1. The van der Waals surface area contributed by atoms with Gasteiger partial charge >= 0.3 is 5.97 Å². The second-order valence-electron chi connectivity index (χ2n) is 6.71. The minimum Gasteiger partial charge on any atom is -0.463 e. The Hall–Kier alpha value is -2.67. The van der Waals surface area contributed by atoms with Crippen molar-refractivity contribution in [3.8, 4) is 0 Å². The first kappa shape index (κ1) is 21.6. The van der Waals surface area contributed by atoms with Crippen LogP contribution in [0.25, 0.3) is 0 Å². The number of ether oxygens (including phenoxy) is 2. The van der Waals surface area contributed by atoms with Crippen molar-refractivity contribution in [1.82, 2.24) is 10.2 Å². The molecule has 1 aromatic carbocycles. The Balaban J connectivity index is 2.35. The van der Waals surface area contributed by atoms with Gasteiger partial charge in [-0.15, -0.1) is 0 Å². The van der Waals surface area contributed by atoms with E-state index in [1.807, 2.05) is 31.2 Å². The van der Waals surface area contributed by atoms with Crippen molar-refractivity contribution in [3.63, 3.8) is 0 Å². The normalized spacial score (nSPS) is 16.9. The van der Waals surface area contributed by atoms with E-state index in [0.29, 0.717) is 24.4 Å². The van der Waals surface area contributed by atoms with Gasteiger partial charge in [-0.3, -0.25) is 9.59 Å². The Morgan fingerprint density at radius 2 is 2.04 bits per heavy atom. The summed E-state index contributed by atoms with van der Waals surface area (Å²) < 4.78 is 10.2. The summed E-state index contributed by atoms with van der Waals surface area (Å²) >= 11 is 0. The number of allylic oxidation sites excluding steroid dienone is 1. The zero-order valence-corrected chi connectivity index (χ0v) is 16.9. The predicted molar refractivity (Wildman–Crippen MR) is 104 cm³/mol. The molecular weight excluding hydrogens is 360 g/mol. The smallest absolute Gasteiger partial charge is 0.336 e. The molecule has 0 radical (unpaired) electrons.